The smallest absolute Gasteiger partial charge is 0.241 e. The number of sulfonamides is 1. The van der Waals surface area contributed by atoms with Gasteiger partial charge in [0.05, 0.1) is 12.0 Å². The first-order valence-corrected chi connectivity index (χ1v) is 16.9. The first-order valence-electron chi connectivity index (χ1n) is 15.4. The van der Waals surface area contributed by atoms with Crippen LogP contribution in [0.25, 0.3) is 21.7 Å². The van der Waals surface area contributed by atoms with Crippen LogP contribution in [0.15, 0.2) is 65.6 Å². The third-order valence-electron chi connectivity index (χ3n) is 8.64. The van der Waals surface area contributed by atoms with Gasteiger partial charge in [-0.15, -0.1) is 0 Å². The number of hydrogen-bond acceptors (Lipinski definition) is 8. The van der Waals surface area contributed by atoms with Gasteiger partial charge in [0.15, 0.2) is 0 Å². The molecular weight excluding hydrogens is 560 g/mol. The fourth-order valence-corrected chi connectivity index (χ4v) is 7.33. The molecule has 1 fully saturated rings. The number of nitrogens with zero attached hydrogens (tertiary/aromatic N) is 3. The number of methoxy groups -OCH3 is 1. The van der Waals surface area contributed by atoms with E-state index in [0.29, 0.717) is 29.2 Å². The number of rotatable bonds is 14. The van der Waals surface area contributed by atoms with Crippen LogP contribution in [0.5, 0.6) is 5.75 Å². The summed E-state index contributed by atoms with van der Waals surface area (Å²) in [6.45, 7) is 9.34. The van der Waals surface area contributed by atoms with E-state index < -0.39 is 10.0 Å². The number of benzene rings is 3. The van der Waals surface area contributed by atoms with Crippen LogP contribution in [0.1, 0.15) is 39.5 Å². The van der Waals surface area contributed by atoms with Crippen molar-refractivity contribution in [2.45, 2.75) is 44.4 Å². The molecule has 0 amide bonds. The van der Waals surface area contributed by atoms with Crippen LogP contribution in [0.4, 0.5) is 11.8 Å². The molecule has 1 aliphatic rings. The highest BCUT2D eigenvalue weighted by atomic mass is 32.2. The lowest BCUT2D eigenvalue weighted by molar-refractivity contribution is 0.284. The maximum atomic E-state index is 13.2. The monoisotopic (exact) mass is 604 g/mol. The number of aromatic nitrogens is 2. The van der Waals surface area contributed by atoms with Gasteiger partial charge in [-0.25, -0.2) is 18.1 Å². The number of fused-ring (bicyclic) bond motifs is 2. The molecule has 0 atom stereocenters. The predicted octanol–water partition coefficient (Wildman–Crippen LogP) is 5.74. The summed E-state index contributed by atoms with van der Waals surface area (Å²) >= 11 is 0. The Labute approximate surface area is 255 Å². The molecule has 0 radical (unpaired) electrons. The maximum Gasteiger partial charge on any atom is 0.241 e. The SMILES string of the molecule is CCN(CC)CCNc1nc(NCC2CCC(CNS(=O)(=O)c3cccc4ccccc34)CC2)nc2c(OC)cccc12. The summed E-state index contributed by atoms with van der Waals surface area (Å²) in [6, 6.07) is 18.9. The standard InChI is InChI=1S/C33H44N6O3S/c1-4-39(5-2)21-20-34-32-28-13-9-14-29(42-3)31(28)37-33(38-32)35-22-24-16-18-25(19-17-24)23-36-43(40,41)30-15-8-11-26-10-6-7-12-27(26)30/h6-15,24-25,36H,4-5,16-23H2,1-3H3,(H2,34,35,37,38). The summed E-state index contributed by atoms with van der Waals surface area (Å²) in [5, 5.41) is 9.63. The molecule has 1 saturated carbocycles. The van der Waals surface area contributed by atoms with Crippen molar-refractivity contribution in [2.24, 2.45) is 11.8 Å². The Morgan fingerprint density at radius 3 is 2.26 bits per heavy atom. The van der Waals surface area contributed by atoms with Crippen LogP contribution >= 0.6 is 0 Å². The zero-order valence-electron chi connectivity index (χ0n) is 25.5. The molecular formula is C33H44N6O3S. The van der Waals surface area contributed by atoms with Gasteiger partial charge < -0.3 is 20.3 Å². The zero-order chi connectivity index (χ0) is 30.2. The number of nitrogens with one attached hydrogen (secondary N) is 3. The van der Waals surface area contributed by atoms with E-state index in [2.05, 4.69) is 34.1 Å². The second-order valence-corrected chi connectivity index (χ2v) is 13.0. The molecule has 0 saturated heterocycles. The number of hydrogen-bond donors (Lipinski definition) is 3. The Kier molecular flexibility index (Phi) is 10.3. The topological polar surface area (TPSA) is 108 Å². The molecule has 1 aliphatic carbocycles. The molecule has 9 nitrogen and oxygen atoms in total. The number of likely N-dealkylation sites (N-methyl/N-ethyl adjacent to an activating group) is 1. The van der Waals surface area contributed by atoms with Crippen molar-refractivity contribution in [3.05, 3.63) is 60.7 Å². The van der Waals surface area contributed by atoms with Crippen LogP contribution in [0.2, 0.25) is 0 Å². The molecule has 1 aromatic heterocycles. The van der Waals surface area contributed by atoms with Crippen molar-refractivity contribution in [1.29, 1.82) is 0 Å². The Bertz CT molecular complexity index is 1610. The van der Waals surface area contributed by atoms with E-state index in [0.717, 1.165) is 91.6 Å². The van der Waals surface area contributed by atoms with Crippen LogP contribution < -0.4 is 20.1 Å². The summed E-state index contributed by atoms with van der Waals surface area (Å²) in [5.74, 6) is 2.92. The van der Waals surface area contributed by atoms with Gasteiger partial charge in [0, 0.05) is 37.0 Å². The molecule has 230 valence electrons. The van der Waals surface area contributed by atoms with Gasteiger partial charge in [-0.1, -0.05) is 56.3 Å². The quantitative estimate of drug-likeness (QED) is 0.167. The van der Waals surface area contributed by atoms with E-state index in [1.807, 2.05) is 48.5 Å². The summed E-state index contributed by atoms with van der Waals surface area (Å²) in [6.07, 6.45) is 4.02. The summed E-state index contributed by atoms with van der Waals surface area (Å²) in [5.41, 5.74) is 0.787. The lowest BCUT2D eigenvalue weighted by Crippen LogP contribution is -2.32. The minimum atomic E-state index is -3.59. The Hall–Kier alpha value is -3.47. The number of anilines is 2. The zero-order valence-corrected chi connectivity index (χ0v) is 26.3. The molecule has 0 unspecified atom stereocenters. The second-order valence-electron chi connectivity index (χ2n) is 11.3. The van der Waals surface area contributed by atoms with E-state index in [9.17, 15) is 8.42 Å². The van der Waals surface area contributed by atoms with Gasteiger partial charge >= 0.3 is 0 Å². The molecule has 0 aliphatic heterocycles. The average molecular weight is 605 g/mol. The van der Waals surface area contributed by atoms with Crippen molar-refractivity contribution in [2.75, 3.05) is 57.0 Å². The molecule has 1 heterocycles. The van der Waals surface area contributed by atoms with Crippen molar-refractivity contribution in [3.63, 3.8) is 0 Å². The molecule has 0 bridgehead atoms. The average Bonchev–Trinajstić information content (AvgIpc) is 3.04. The third kappa shape index (κ3) is 7.55. The summed E-state index contributed by atoms with van der Waals surface area (Å²) in [4.78, 5) is 12.4. The molecule has 4 aromatic rings. The summed E-state index contributed by atoms with van der Waals surface area (Å²) in [7, 11) is -1.92. The number of para-hydroxylation sites is 1. The van der Waals surface area contributed by atoms with Gasteiger partial charge in [-0.3, -0.25) is 0 Å². The van der Waals surface area contributed by atoms with E-state index in [1.54, 1.807) is 19.2 Å². The van der Waals surface area contributed by atoms with Gasteiger partial charge in [0.1, 0.15) is 17.1 Å². The summed E-state index contributed by atoms with van der Waals surface area (Å²) < 4.78 is 34.8. The van der Waals surface area contributed by atoms with Crippen molar-refractivity contribution in [1.82, 2.24) is 19.6 Å². The van der Waals surface area contributed by atoms with E-state index in [4.69, 9.17) is 14.7 Å². The highest BCUT2D eigenvalue weighted by Crippen LogP contribution is 2.32. The minimum absolute atomic E-state index is 0.323. The Morgan fingerprint density at radius 2 is 1.51 bits per heavy atom. The second kappa shape index (κ2) is 14.3. The van der Waals surface area contributed by atoms with Crippen molar-refractivity contribution < 1.29 is 13.2 Å². The highest BCUT2D eigenvalue weighted by molar-refractivity contribution is 7.89. The maximum absolute atomic E-state index is 13.2. The van der Waals surface area contributed by atoms with Crippen molar-refractivity contribution in [3.8, 4) is 5.75 Å². The molecule has 43 heavy (non-hydrogen) atoms. The molecule has 3 aromatic carbocycles. The largest absolute Gasteiger partial charge is 0.494 e. The van der Waals surface area contributed by atoms with Gasteiger partial charge in [0.25, 0.3) is 0 Å². The Morgan fingerprint density at radius 1 is 0.837 bits per heavy atom. The van der Waals surface area contributed by atoms with Crippen LogP contribution in [-0.2, 0) is 10.0 Å². The number of ether oxygens (including phenoxy) is 1. The van der Waals surface area contributed by atoms with Crippen LogP contribution in [0.3, 0.4) is 0 Å². The van der Waals surface area contributed by atoms with Crippen molar-refractivity contribution >= 4 is 43.5 Å². The van der Waals surface area contributed by atoms with Gasteiger partial charge in [-0.05, 0) is 74.2 Å². The van der Waals surface area contributed by atoms with Crippen LogP contribution in [0, 0.1) is 11.8 Å². The van der Waals surface area contributed by atoms with Crippen LogP contribution in [-0.4, -0.2) is 69.7 Å². The van der Waals surface area contributed by atoms with E-state index in [1.165, 1.54) is 0 Å². The lowest BCUT2D eigenvalue weighted by Gasteiger charge is -2.28. The highest BCUT2D eigenvalue weighted by Gasteiger charge is 2.24. The molecule has 10 heteroatoms. The fourth-order valence-electron chi connectivity index (χ4n) is 5.99. The Balaban J connectivity index is 1.17. The molecule has 3 N–H and O–H groups in total. The third-order valence-corrected chi connectivity index (χ3v) is 10.1. The van der Waals surface area contributed by atoms with E-state index >= 15 is 0 Å². The minimum Gasteiger partial charge on any atom is -0.494 e. The first-order chi connectivity index (χ1) is 20.9. The first kappa shape index (κ1) is 31.0. The molecule has 5 rings (SSSR count). The fraction of sp³-hybridized carbons (Fsp3) is 0.455. The van der Waals surface area contributed by atoms with E-state index in [-0.39, 0.29) is 0 Å². The normalized spacial score (nSPS) is 17.4. The lowest BCUT2D eigenvalue weighted by atomic mass is 9.82. The van der Waals surface area contributed by atoms with Gasteiger partial charge in [-0.2, -0.15) is 4.98 Å². The predicted molar refractivity (Wildman–Crippen MR) is 175 cm³/mol. The molecule has 0 spiro atoms. The van der Waals surface area contributed by atoms with Gasteiger partial charge in [0.2, 0.25) is 16.0 Å².